The first-order valence-electron chi connectivity index (χ1n) is 8.29. The lowest BCUT2D eigenvalue weighted by molar-refractivity contribution is -0.149. The van der Waals surface area contributed by atoms with Crippen LogP contribution in [-0.2, 0) is 19.6 Å². The average molecular weight is 382 g/mol. The van der Waals surface area contributed by atoms with Crippen molar-refractivity contribution in [1.29, 1.82) is 0 Å². The van der Waals surface area contributed by atoms with Crippen LogP contribution in [-0.4, -0.2) is 38.4 Å². The largest absolute Gasteiger partial charge is 0.466 e. The number of hydrogen-bond acceptors (Lipinski definition) is 4. The Morgan fingerprint density at radius 3 is 2.72 bits per heavy atom. The van der Waals surface area contributed by atoms with Crippen molar-refractivity contribution in [3.05, 3.63) is 41.4 Å². The van der Waals surface area contributed by atoms with Crippen LogP contribution < -0.4 is 0 Å². The summed E-state index contributed by atoms with van der Waals surface area (Å²) < 4.78 is 32.8. The van der Waals surface area contributed by atoms with Gasteiger partial charge >= 0.3 is 5.97 Å². The molecule has 3 rings (SSSR count). The number of fused-ring (bicyclic) bond motifs is 1. The molecule has 1 unspecified atom stereocenters. The van der Waals surface area contributed by atoms with Gasteiger partial charge in [-0.3, -0.25) is 4.79 Å². The topological polar surface area (TPSA) is 63.7 Å². The van der Waals surface area contributed by atoms with Gasteiger partial charge < -0.3 is 4.74 Å². The van der Waals surface area contributed by atoms with E-state index in [-0.39, 0.29) is 17.4 Å². The summed E-state index contributed by atoms with van der Waals surface area (Å²) in [7, 11) is -3.75. The second-order valence-electron chi connectivity index (χ2n) is 6.05. The van der Waals surface area contributed by atoms with Gasteiger partial charge in [-0.1, -0.05) is 35.9 Å². The van der Waals surface area contributed by atoms with E-state index in [4.69, 9.17) is 16.3 Å². The Morgan fingerprint density at radius 1 is 1.28 bits per heavy atom. The summed E-state index contributed by atoms with van der Waals surface area (Å²) >= 11 is 6.27. The highest BCUT2D eigenvalue weighted by molar-refractivity contribution is 7.89. The fourth-order valence-electron chi connectivity index (χ4n) is 3.23. The minimum absolute atomic E-state index is 0.141. The molecule has 1 aliphatic heterocycles. The zero-order valence-electron chi connectivity index (χ0n) is 13.9. The fraction of sp³-hybridized carbons (Fsp3) is 0.389. The number of sulfonamides is 1. The normalized spacial score (nSPS) is 19.0. The standard InChI is InChI=1S/C18H20ClNO4S/c1-2-24-18(21)14-8-5-11-20(12-14)25(22,23)16-10-4-7-13-6-3-9-15(19)17(13)16/h3-4,6-7,9-10,14H,2,5,8,11-12H2,1H3. The summed E-state index contributed by atoms with van der Waals surface area (Å²) in [5.74, 6) is -0.757. The Balaban J connectivity index is 1.98. The predicted molar refractivity (Wildman–Crippen MR) is 97.1 cm³/mol. The highest BCUT2D eigenvalue weighted by Gasteiger charge is 2.34. The fourth-order valence-corrected chi connectivity index (χ4v) is 5.33. The molecular formula is C18H20ClNO4S. The smallest absolute Gasteiger partial charge is 0.310 e. The van der Waals surface area contributed by atoms with Crippen LogP contribution in [0, 0.1) is 5.92 Å². The Labute approximate surface area is 152 Å². The number of benzene rings is 2. The lowest BCUT2D eigenvalue weighted by Crippen LogP contribution is -2.42. The summed E-state index contributed by atoms with van der Waals surface area (Å²) in [5.41, 5.74) is 0. The van der Waals surface area contributed by atoms with Gasteiger partial charge in [-0.2, -0.15) is 4.31 Å². The molecule has 2 aromatic rings. The van der Waals surface area contributed by atoms with Gasteiger partial charge in [0.1, 0.15) is 0 Å². The first-order chi connectivity index (χ1) is 11.9. The first kappa shape index (κ1) is 18.2. The molecule has 0 radical (unpaired) electrons. The molecule has 2 aromatic carbocycles. The maximum absolute atomic E-state index is 13.2. The average Bonchev–Trinajstić information content (AvgIpc) is 2.62. The summed E-state index contributed by atoms with van der Waals surface area (Å²) in [6, 6.07) is 10.4. The van der Waals surface area contributed by atoms with Crippen LogP contribution in [0.25, 0.3) is 10.8 Å². The number of nitrogens with zero attached hydrogens (tertiary/aromatic N) is 1. The van der Waals surface area contributed by atoms with E-state index in [9.17, 15) is 13.2 Å². The van der Waals surface area contributed by atoms with Gasteiger partial charge in [-0.25, -0.2) is 8.42 Å². The monoisotopic (exact) mass is 381 g/mol. The molecule has 0 spiro atoms. The molecule has 0 N–H and O–H groups in total. The van der Waals surface area contributed by atoms with Crippen molar-refractivity contribution < 1.29 is 17.9 Å². The van der Waals surface area contributed by atoms with Crippen molar-refractivity contribution in [1.82, 2.24) is 4.31 Å². The Hall–Kier alpha value is -1.63. The molecule has 1 aliphatic rings. The van der Waals surface area contributed by atoms with Crippen molar-refractivity contribution in [2.75, 3.05) is 19.7 Å². The molecule has 1 fully saturated rings. The van der Waals surface area contributed by atoms with Crippen LogP contribution in [0.5, 0.6) is 0 Å². The van der Waals surface area contributed by atoms with E-state index >= 15 is 0 Å². The van der Waals surface area contributed by atoms with Crippen LogP contribution in [0.4, 0.5) is 0 Å². The molecule has 134 valence electrons. The molecule has 0 amide bonds. The number of piperidine rings is 1. The summed E-state index contributed by atoms with van der Waals surface area (Å²) in [4.78, 5) is 12.2. The number of carbonyl (C=O) groups excluding carboxylic acids is 1. The van der Waals surface area contributed by atoms with Crippen LogP contribution in [0.1, 0.15) is 19.8 Å². The number of rotatable bonds is 4. The second-order valence-corrected chi connectivity index (χ2v) is 8.36. The molecule has 1 saturated heterocycles. The molecule has 1 heterocycles. The zero-order valence-corrected chi connectivity index (χ0v) is 15.5. The Bertz CT molecular complexity index is 892. The van der Waals surface area contributed by atoms with E-state index in [0.29, 0.717) is 36.4 Å². The molecule has 7 heteroatoms. The number of ether oxygens (including phenoxy) is 1. The van der Waals surface area contributed by atoms with Gasteiger partial charge in [-0.05, 0) is 37.3 Å². The SMILES string of the molecule is CCOC(=O)C1CCCN(S(=O)(=O)c2cccc3cccc(Cl)c23)C1. The van der Waals surface area contributed by atoms with Gasteiger partial charge in [0.2, 0.25) is 10.0 Å². The molecule has 0 aromatic heterocycles. The van der Waals surface area contributed by atoms with E-state index in [2.05, 4.69) is 0 Å². The molecule has 0 saturated carbocycles. The van der Waals surface area contributed by atoms with Crippen LogP contribution >= 0.6 is 11.6 Å². The van der Waals surface area contributed by atoms with E-state index in [1.165, 1.54) is 4.31 Å². The second kappa shape index (κ2) is 7.32. The van der Waals surface area contributed by atoms with Gasteiger partial charge in [0.05, 0.1) is 17.4 Å². The molecule has 25 heavy (non-hydrogen) atoms. The lowest BCUT2D eigenvalue weighted by Gasteiger charge is -2.31. The minimum Gasteiger partial charge on any atom is -0.466 e. The van der Waals surface area contributed by atoms with Crippen LogP contribution in [0.2, 0.25) is 5.02 Å². The van der Waals surface area contributed by atoms with Gasteiger partial charge in [0.15, 0.2) is 0 Å². The molecule has 5 nitrogen and oxygen atoms in total. The Morgan fingerprint density at radius 2 is 2.00 bits per heavy atom. The molecule has 0 bridgehead atoms. The number of carbonyl (C=O) groups is 1. The first-order valence-corrected chi connectivity index (χ1v) is 10.1. The minimum atomic E-state index is -3.75. The highest BCUT2D eigenvalue weighted by Crippen LogP contribution is 2.33. The highest BCUT2D eigenvalue weighted by atomic mass is 35.5. The number of hydrogen-bond donors (Lipinski definition) is 0. The van der Waals surface area contributed by atoms with E-state index in [1.807, 2.05) is 12.1 Å². The summed E-state index contributed by atoms with van der Waals surface area (Å²) in [6.07, 6.45) is 1.27. The van der Waals surface area contributed by atoms with Crippen molar-refractivity contribution in [3.8, 4) is 0 Å². The van der Waals surface area contributed by atoms with Crippen LogP contribution in [0.15, 0.2) is 41.3 Å². The molecule has 1 atom stereocenters. The van der Waals surface area contributed by atoms with Gasteiger partial charge in [0.25, 0.3) is 0 Å². The van der Waals surface area contributed by atoms with Crippen molar-refractivity contribution in [2.24, 2.45) is 5.92 Å². The third kappa shape index (κ3) is 3.52. The third-order valence-electron chi connectivity index (χ3n) is 4.44. The van der Waals surface area contributed by atoms with Crippen molar-refractivity contribution in [2.45, 2.75) is 24.7 Å². The molecular weight excluding hydrogens is 362 g/mol. The van der Waals surface area contributed by atoms with Gasteiger partial charge in [-0.15, -0.1) is 0 Å². The third-order valence-corrected chi connectivity index (χ3v) is 6.66. The lowest BCUT2D eigenvalue weighted by atomic mass is 10.0. The summed E-state index contributed by atoms with van der Waals surface area (Å²) in [5, 5.41) is 1.69. The van der Waals surface area contributed by atoms with Crippen LogP contribution in [0.3, 0.4) is 0 Å². The Kier molecular flexibility index (Phi) is 5.32. The quantitative estimate of drug-likeness (QED) is 0.761. The number of esters is 1. The van der Waals surface area contributed by atoms with E-state index in [1.54, 1.807) is 31.2 Å². The van der Waals surface area contributed by atoms with Crippen molar-refractivity contribution in [3.63, 3.8) is 0 Å². The summed E-state index contributed by atoms with van der Waals surface area (Å²) in [6.45, 7) is 2.56. The maximum atomic E-state index is 13.2. The van der Waals surface area contributed by atoms with E-state index < -0.39 is 15.9 Å². The predicted octanol–water partition coefficient (Wildman–Crippen LogP) is 3.46. The van der Waals surface area contributed by atoms with Crippen molar-refractivity contribution >= 4 is 38.4 Å². The molecule has 0 aliphatic carbocycles. The number of halogens is 1. The maximum Gasteiger partial charge on any atom is 0.310 e. The zero-order chi connectivity index (χ0) is 18.0. The van der Waals surface area contributed by atoms with Gasteiger partial charge in [0, 0.05) is 23.5 Å². The van der Waals surface area contributed by atoms with E-state index in [0.717, 1.165) is 5.39 Å².